The molecule has 1 unspecified atom stereocenters. The van der Waals surface area contributed by atoms with Crippen LogP contribution in [0.1, 0.15) is 27.2 Å². The first kappa shape index (κ1) is 19.6. The summed E-state index contributed by atoms with van der Waals surface area (Å²) in [5.74, 6) is -0.109. The molecule has 3 heterocycles. The van der Waals surface area contributed by atoms with Crippen LogP contribution in [-0.2, 0) is 18.6 Å². The van der Waals surface area contributed by atoms with Gasteiger partial charge in [0.25, 0.3) is 5.91 Å². The molecule has 0 radical (unpaired) electrons. The molecular formula is C24H21ClN4O2. The zero-order valence-electron chi connectivity index (χ0n) is 16.8. The van der Waals surface area contributed by atoms with Crippen LogP contribution in [0.4, 0.5) is 4.79 Å². The fraction of sp³-hybridized carbons (Fsp3) is 0.208. The fourth-order valence-corrected chi connectivity index (χ4v) is 4.72. The molecule has 7 heteroatoms. The lowest BCUT2D eigenvalue weighted by Gasteiger charge is -2.46. The van der Waals surface area contributed by atoms with Crippen molar-refractivity contribution in [3.8, 4) is 0 Å². The van der Waals surface area contributed by atoms with Crippen molar-refractivity contribution in [2.45, 2.75) is 18.6 Å². The van der Waals surface area contributed by atoms with Crippen molar-refractivity contribution in [1.29, 1.82) is 0 Å². The van der Waals surface area contributed by atoms with Crippen molar-refractivity contribution in [3.63, 3.8) is 0 Å². The molecule has 1 aromatic heterocycles. The Bertz CT molecular complexity index is 1140. The van der Waals surface area contributed by atoms with E-state index < -0.39 is 5.66 Å². The molecule has 0 saturated carbocycles. The number of hydrogen-bond acceptors (Lipinski definition) is 3. The van der Waals surface area contributed by atoms with E-state index in [1.165, 1.54) is 0 Å². The molecule has 156 valence electrons. The summed E-state index contributed by atoms with van der Waals surface area (Å²) in [6.45, 7) is 1.30. The standard InChI is InChI=1S/C24H21ClN4O2/c25-19-10-8-18(9-11-19)24-15-21-20(7-4-12-26-21)22(30)28(24)13-14-29(24)23(31)27-16-17-5-2-1-3-6-17/h1-12H,13-16H2,(H,27,31). The second-order valence-electron chi connectivity index (χ2n) is 7.75. The van der Waals surface area contributed by atoms with Crippen molar-refractivity contribution in [3.05, 3.63) is 100 Å². The van der Waals surface area contributed by atoms with Crippen LogP contribution in [0.25, 0.3) is 0 Å². The average Bonchev–Trinajstić information content (AvgIpc) is 3.19. The van der Waals surface area contributed by atoms with Crippen LogP contribution in [0.15, 0.2) is 72.9 Å². The molecule has 0 aliphatic carbocycles. The Labute approximate surface area is 185 Å². The van der Waals surface area contributed by atoms with Gasteiger partial charge in [0.15, 0.2) is 5.66 Å². The monoisotopic (exact) mass is 432 g/mol. The third-order valence-electron chi connectivity index (χ3n) is 6.06. The molecule has 1 saturated heterocycles. The maximum atomic E-state index is 13.4. The second-order valence-corrected chi connectivity index (χ2v) is 8.19. The normalized spacial score (nSPS) is 19.7. The number of pyridine rings is 1. The van der Waals surface area contributed by atoms with Crippen molar-refractivity contribution in [2.75, 3.05) is 13.1 Å². The number of carbonyl (C=O) groups excluding carboxylic acids is 2. The summed E-state index contributed by atoms with van der Waals surface area (Å²) in [6, 6.07) is 20.5. The molecule has 0 spiro atoms. The maximum Gasteiger partial charge on any atom is 0.319 e. The summed E-state index contributed by atoms with van der Waals surface area (Å²) in [7, 11) is 0. The number of halogens is 1. The largest absolute Gasteiger partial charge is 0.334 e. The van der Waals surface area contributed by atoms with Gasteiger partial charge < -0.3 is 10.2 Å². The first-order valence-electron chi connectivity index (χ1n) is 10.2. The van der Waals surface area contributed by atoms with E-state index in [4.69, 9.17) is 11.6 Å². The third-order valence-corrected chi connectivity index (χ3v) is 6.31. The number of amides is 3. The highest BCUT2D eigenvalue weighted by Gasteiger charge is 2.56. The van der Waals surface area contributed by atoms with Crippen molar-refractivity contribution in [2.24, 2.45) is 0 Å². The van der Waals surface area contributed by atoms with Gasteiger partial charge in [0.1, 0.15) is 0 Å². The van der Waals surface area contributed by atoms with E-state index in [0.717, 1.165) is 11.1 Å². The Hall–Kier alpha value is -3.38. The van der Waals surface area contributed by atoms with Crippen LogP contribution in [0.5, 0.6) is 0 Å². The zero-order valence-corrected chi connectivity index (χ0v) is 17.5. The quantitative estimate of drug-likeness (QED) is 0.684. The Morgan fingerprint density at radius 1 is 1.03 bits per heavy atom. The smallest absolute Gasteiger partial charge is 0.319 e. The van der Waals surface area contributed by atoms with Crippen LogP contribution in [0.2, 0.25) is 5.02 Å². The fourth-order valence-electron chi connectivity index (χ4n) is 4.60. The van der Waals surface area contributed by atoms with Gasteiger partial charge >= 0.3 is 6.03 Å². The lowest BCUT2D eigenvalue weighted by molar-refractivity contribution is 0.0194. The summed E-state index contributed by atoms with van der Waals surface area (Å²) >= 11 is 6.13. The maximum absolute atomic E-state index is 13.4. The lowest BCUT2D eigenvalue weighted by atomic mass is 9.86. The van der Waals surface area contributed by atoms with Crippen LogP contribution in [-0.4, -0.2) is 39.8 Å². The Kier molecular flexibility index (Phi) is 4.87. The number of urea groups is 1. The number of hydrogen-bond donors (Lipinski definition) is 1. The summed E-state index contributed by atoms with van der Waals surface area (Å²) in [6.07, 6.45) is 2.11. The number of nitrogens with zero attached hydrogens (tertiary/aromatic N) is 3. The van der Waals surface area contributed by atoms with Gasteiger partial charge in [0.05, 0.1) is 11.3 Å². The molecule has 3 aromatic rings. The minimum absolute atomic E-state index is 0.109. The molecule has 31 heavy (non-hydrogen) atoms. The van der Waals surface area contributed by atoms with Crippen LogP contribution in [0, 0.1) is 0 Å². The van der Waals surface area contributed by atoms with Gasteiger partial charge in [0, 0.05) is 37.3 Å². The Morgan fingerprint density at radius 2 is 1.81 bits per heavy atom. The topological polar surface area (TPSA) is 65.5 Å². The van der Waals surface area contributed by atoms with E-state index in [2.05, 4.69) is 10.3 Å². The highest BCUT2D eigenvalue weighted by molar-refractivity contribution is 6.30. The van der Waals surface area contributed by atoms with Gasteiger partial charge in [-0.3, -0.25) is 14.7 Å². The molecule has 6 nitrogen and oxygen atoms in total. The van der Waals surface area contributed by atoms with E-state index >= 15 is 0 Å². The van der Waals surface area contributed by atoms with E-state index in [-0.39, 0.29) is 11.9 Å². The molecular weight excluding hydrogens is 412 g/mol. The molecule has 2 aliphatic rings. The van der Waals surface area contributed by atoms with Crippen LogP contribution >= 0.6 is 11.6 Å². The summed E-state index contributed by atoms with van der Waals surface area (Å²) in [5, 5.41) is 3.62. The van der Waals surface area contributed by atoms with Gasteiger partial charge in [0.2, 0.25) is 0 Å². The van der Waals surface area contributed by atoms with E-state index in [9.17, 15) is 9.59 Å². The van der Waals surface area contributed by atoms with Crippen molar-refractivity contribution >= 4 is 23.5 Å². The highest BCUT2D eigenvalue weighted by Crippen LogP contribution is 2.44. The van der Waals surface area contributed by atoms with Crippen LogP contribution in [0.3, 0.4) is 0 Å². The van der Waals surface area contributed by atoms with Gasteiger partial charge in [-0.25, -0.2) is 4.79 Å². The third kappa shape index (κ3) is 3.24. The van der Waals surface area contributed by atoms with Crippen LogP contribution < -0.4 is 5.32 Å². The van der Waals surface area contributed by atoms with Crippen molar-refractivity contribution in [1.82, 2.24) is 20.1 Å². The molecule has 1 N–H and O–H groups in total. The van der Waals surface area contributed by atoms with Crippen molar-refractivity contribution < 1.29 is 9.59 Å². The first-order chi connectivity index (χ1) is 15.1. The summed E-state index contributed by atoms with van der Waals surface area (Å²) < 4.78 is 0. The first-order valence-corrected chi connectivity index (χ1v) is 10.6. The zero-order chi connectivity index (χ0) is 21.4. The molecule has 1 atom stereocenters. The minimum atomic E-state index is -0.941. The molecule has 0 bridgehead atoms. The Morgan fingerprint density at radius 3 is 2.58 bits per heavy atom. The number of carbonyl (C=O) groups is 2. The summed E-state index contributed by atoms with van der Waals surface area (Å²) in [4.78, 5) is 34.8. The van der Waals surface area contributed by atoms with Gasteiger partial charge in [-0.05, 0) is 35.4 Å². The molecule has 2 aromatic carbocycles. The summed E-state index contributed by atoms with van der Waals surface area (Å²) in [5.41, 5.74) is 2.21. The van der Waals surface area contributed by atoms with E-state index in [1.54, 1.807) is 40.3 Å². The van der Waals surface area contributed by atoms with Gasteiger partial charge in [-0.15, -0.1) is 0 Å². The highest BCUT2D eigenvalue weighted by atomic mass is 35.5. The number of rotatable bonds is 3. The van der Waals surface area contributed by atoms with E-state index in [0.29, 0.717) is 42.3 Å². The molecule has 3 amide bonds. The van der Waals surface area contributed by atoms with E-state index in [1.807, 2.05) is 42.5 Å². The number of nitrogens with one attached hydrogen (secondary N) is 1. The molecule has 2 aliphatic heterocycles. The number of benzene rings is 2. The molecule has 1 fully saturated rings. The molecule has 5 rings (SSSR count). The minimum Gasteiger partial charge on any atom is -0.334 e. The van der Waals surface area contributed by atoms with Gasteiger partial charge in [-0.1, -0.05) is 54.1 Å². The SMILES string of the molecule is O=C(NCc1ccccc1)N1CCN2C(=O)c3cccnc3CC12c1ccc(Cl)cc1. The predicted octanol–water partition coefficient (Wildman–Crippen LogP) is 3.81. The number of aromatic nitrogens is 1. The second kappa shape index (κ2) is 7.71. The van der Waals surface area contributed by atoms with Gasteiger partial charge in [-0.2, -0.15) is 0 Å². The predicted molar refractivity (Wildman–Crippen MR) is 117 cm³/mol. The lowest BCUT2D eigenvalue weighted by Crippen LogP contribution is -2.60. The average molecular weight is 433 g/mol. The number of fused-ring (bicyclic) bond motifs is 2. The Balaban J connectivity index is 1.55.